The van der Waals surface area contributed by atoms with Gasteiger partial charge in [0.2, 0.25) is 0 Å². The molecule has 2 amide bonds. The molecule has 2 rings (SSSR count). The van der Waals surface area contributed by atoms with E-state index in [0.29, 0.717) is 11.7 Å². The van der Waals surface area contributed by atoms with E-state index < -0.39 is 18.5 Å². The van der Waals surface area contributed by atoms with Crippen molar-refractivity contribution >= 4 is 28.6 Å². The van der Waals surface area contributed by atoms with Crippen molar-refractivity contribution in [1.29, 1.82) is 0 Å². The Hall–Kier alpha value is -2.50. The number of anilines is 1. The maximum absolute atomic E-state index is 11.5. The number of carbonyl (C=O) groups excluding carboxylic acids is 1. The van der Waals surface area contributed by atoms with Crippen molar-refractivity contribution in [1.82, 2.24) is 9.88 Å². The first-order chi connectivity index (χ1) is 9.47. The number of nitrogens with one attached hydrogen (secondary N) is 2. The second-order valence-electron chi connectivity index (χ2n) is 4.79. The molecule has 3 N–H and O–H groups in total. The fourth-order valence-electron chi connectivity index (χ4n) is 2.02. The Morgan fingerprint density at radius 3 is 2.70 bits per heavy atom. The van der Waals surface area contributed by atoms with Gasteiger partial charge in [-0.3, -0.25) is 4.79 Å². The summed E-state index contributed by atoms with van der Waals surface area (Å²) in [6.07, 6.45) is 2.00. The minimum Gasteiger partial charge on any atom is -0.480 e. The summed E-state index contributed by atoms with van der Waals surface area (Å²) in [5.41, 5.74) is 1.72. The zero-order valence-electron chi connectivity index (χ0n) is 11.4. The monoisotopic (exact) mass is 275 g/mol. The van der Waals surface area contributed by atoms with Crippen molar-refractivity contribution in [2.24, 2.45) is 0 Å². The Morgan fingerprint density at radius 1 is 1.30 bits per heavy atom. The number of urea groups is 1. The first-order valence-electron chi connectivity index (χ1n) is 6.34. The molecule has 0 bridgehead atoms. The van der Waals surface area contributed by atoms with Crippen LogP contribution in [0.1, 0.15) is 19.9 Å². The molecule has 0 fully saturated rings. The molecule has 6 nitrogen and oxygen atoms in total. The number of fused-ring (bicyclic) bond motifs is 1. The highest BCUT2D eigenvalue weighted by Crippen LogP contribution is 2.23. The second-order valence-corrected chi connectivity index (χ2v) is 4.79. The van der Waals surface area contributed by atoms with Gasteiger partial charge >= 0.3 is 12.0 Å². The van der Waals surface area contributed by atoms with E-state index >= 15 is 0 Å². The Labute approximate surface area is 116 Å². The Bertz CT molecular complexity index is 646. The first kappa shape index (κ1) is 13.9. The molecule has 106 valence electrons. The molecular weight excluding hydrogens is 258 g/mol. The number of hydrogen-bond donors (Lipinski definition) is 3. The third-order valence-electron chi connectivity index (χ3n) is 2.93. The van der Waals surface area contributed by atoms with E-state index in [1.165, 1.54) is 0 Å². The van der Waals surface area contributed by atoms with Crippen molar-refractivity contribution < 1.29 is 14.7 Å². The molecule has 0 unspecified atom stereocenters. The zero-order chi connectivity index (χ0) is 14.7. The number of nitrogens with zero attached hydrogens (tertiary/aromatic N) is 1. The van der Waals surface area contributed by atoms with Gasteiger partial charge in [0.1, 0.15) is 6.54 Å². The Kier molecular flexibility index (Phi) is 3.93. The fourth-order valence-corrected chi connectivity index (χ4v) is 2.02. The highest BCUT2D eigenvalue weighted by atomic mass is 16.4. The molecule has 0 aliphatic rings. The molecule has 0 saturated heterocycles. The van der Waals surface area contributed by atoms with Crippen LogP contribution < -0.4 is 10.6 Å². The van der Waals surface area contributed by atoms with Crippen LogP contribution in [0.5, 0.6) is 0 Å². The molecule has 1 heterocycles. The van der Waals surface area contributed by atoms with E-state index in [1.54, 1.807) is 6.07 Å². The highest BCUT2D eigenvalue weighted by molar-refractivity contribution is 5.94. The first-order valence-corrected chi connectivity index (χ1v) is 6.34. The maximum atomic E-state index is 11.5. The molecule has 1 aromatic carbocycles. The van der Waals surface area contributed by atoms with Crippen molar-refractivity contribution in [3.05, 3.63) is 30.5 Å². The van der Waals surface area contributed by atoms with Crippen molar-refractivity contribution in [3.63, 3.8) is 0 Å². The summed E-state index contributed by atoms with van der Waals surface area (Å²) in [4.78, 5) is 21.8. The minimum absolute atomic E-state index is 0.366. The number of aliphatic carboxylic acids is 1. The molecule has 0 spiro atoms. The molecule has 20 heavy (non-hydrogen) atoms. The summed E-state index contributed by atoms with van der Waals surface area (Å²) in [7, 11) is 0. The summed E-state index contributed by atoms with van der Waals surface area (Å²) < 4.78 is 2.14. The number of carboxylic acids is 1. The van der Waals surface area contributed by atoms with E-state index in [0.717, 1.165) is 10.9 Å². The summed E-state index contributed by atoms with van der Waals surface area (Å²) >= 11 is 0. The van der Waals surface area contributed by atoms with Crippen LogP contribution in [0.2, 0.25) is 0 Å². The third-order valence-corrected chi connectivity index (χ3v) is 2.93. The fraction of sp³-hybridized carbons (Fsp3) is 0.286. The predicted molar refractivity (Wildman–Crippen MR) is 77.0 cm³/mol. The Morgan fingerprint density at radius 2 is 2.05 bits per heavy atom. The largest absolute Gasteiger partial charge is 0.480 e. The topological polar surface area (TPSA) is 83.4 Å². The SMILES string of the molecule is CC(C)n1ccc2cc(NC(=O)NCC(=O)O)ccc21. The van der Waals surface area contributed by atoms with Crippen LogP contribution in [-0.2, 0) is 4.79 Å². The van der Waals surface area contributed by atoms with Gasteiger partial charge in [0.25, 0.3) is 0 Å². The molecule has 0 atom stereocenters. The lowest BCUT2D eigenvalue weighted by atomic mass is 10.2. The number of benzene rings is 1. The third kappa shape index (κ3) is 3.09. The zero-order valence-corrected chi connectivity index (χ0v) is 11.4. The van der Waals surface area contributed by atoms with Gasteiger partial charge in [-0.2, -0.15) is 0 Å². The average Bonchev–Trinajstić information content (AvgIpc) is 2.79. The molecule has 0 aliphatic carbocycles. The van der Waals surface area contributed by atoms with Crippen LogP contribution >= 0.6 is 0 Å². The van der Waals surface area contributed by atoms with E-state index in [9.17, 15) is 9.59 Å². The molecule has 0 radical (unpaired) electrons. The van der Waals surface area contributed by atoms with Crippen LogP contribution in [-0.4, -0.2) is 28.2 Å². The second kappa shape index (κ2) is 5.64. The van der Waals surface area contributed by atoms with Gasteiger partial charge in [-0.1, -0.05) is 0 Å². The molecule has 1 aromatic heterocycles. The van der Waals surface area contributed by atoms with Crippen LogP contribution in [0.4, 0.5) is 10.5 Å². The number of carbonyl (C=O) groups is 2. The van der Waals surface area contributed by atoms with Gasteiger partial charge in [-0.05, 0) is 38.1 Å². The van der Waals surface area contributed by atoms with Crippen molar-refractivity contribution in [2.75, 3.05) is 11.9 Å². The lowest BCUT2D eigenvalue weighted by Gasteiger charge is -2.10. The molecule has 6 heteroatoms. The van der Waals surface area contributed by atoms with Gasteiger partial charge < -0.3 is 20.3 Å². The predicted octanol–water partition coefficient (Wildman–Crippen LogP) is 2.43. The standard InChI is InChI=1S/C14H17N3O3/c1-9(2)17-6-5-10-7-11(3-4-12(10)17)16-14(20)15-8-13(18)19/h3-7,9H,8H2,1-2H3,(H,18,19)(H2,15,16,20). The van der Waals surface area contributed by atoms with Crippen molar-refractivity contribution in [2.45, 2.75) is 19.9 Å². The summed E-state index contributed by atoms with van der Waals surface area (Å²) in [6.45, 7) is 3.80. The number of hydrogen-bond acceptors (Lipinski definition) is 2. The van der Waals surface area contributed by atoms with E-state index in [-0.39, 0.29) is 0 Å². The summed E-state index contributed by atoms with van der Waals surface area (Å²) in [5, 5.41) is 14.4. The minimum atomic E-state index is -1.08. The number of carboxylic acid groups (broad SMARTS) is 1. The highest BCUT2D eigenvalue weighted by Gasteiger charge is 2.07. The van der Waals surface area contributed by atoms with Gasteiger partial charge in [0.15, 0.2) is 0 Å². The summed E-state index contributed by atoms with van der Waals surface area (Å²) in [6, 6.07) is 7.40. The van der Waals surface area contributed by atoms with Gasteiger partial charge in [0.05, 0.1) is 0 Å². The lowest BCUT2D eigenvalue weighted by Crippen LogP contribution is -2.33. The Balaban J connectivity index is 2.12. The maximum Gasteiger partial charge on any atom is 0.323 e. The number of amides is 2. The van der Waals surface area contributed by atoms with Crippen LogP contribution in [0.25, 0.3) is 10.9 Å². The average molecular weight is 275 g/mol. The van der Waals surface area contributed by atoms with E-state index in [2.05, 4.69) is 29.0 Å². The molecule has 2 aromatic rings. The van der Waals surface area contributed by atoms with Crippen LogP contribution in [0, 0.1) is 0 Å². The smallest absolute Gasteiger partial charge is 0.323 e. The lowest BCUT2D eigenvalue weighted by molar-refractivity contribution is -0.135. The molecule has 0 saturated carbocycles. The summed E-state index contributed by atoms with van der Waals surface area (Å²) in [5.74, 6) is -1.08. The molecular formula is C14H17N3O3. The number of rotatable bonds is 4. The van der Waals surface area contributed by atoms with E-state index in [1.807, 2.05) is 24.4 Å². The van der Waals surface area contributed by atoms with Gasteiger partial charge in [-0.25, -0.2) is 4.79 Å². The number of aromatic nitrogens is 1. The van der Waals surface area contributed by atoms with Gasteiger partial charge in [0, 0.05) is 28.8 Å². The van der Waals surface area contributed by atoms with Crippen LogP contribution in [0.3, 0.4) is 0 Å². The van der Waals surface area contributed by atoms with E-state index in [4.69, 9.17) is 5.11 Å². The quantitative estimate of drug-likeness (QED) is 0.801. The van der Waals surface area contributed by atoms with Crippen molar-refractivity contribution in [3.8, 4) is 0 Å². The molecule has 0 aliphatic heterocycles. The normalized spacial score (nSPS) is 10.8. The van der Waals surface area contributed by atoms with Crippen LogP contribution in [0.15, 0.2) is 30.5 Å². The van der Waals surface area contributed by atoms with Gasteiger partial charge in [-0.15, -0.1) is 0 Å².